The van der Waals surface area contributed by atoms with Gasteiger partial charge in [-0.25, -0.2) is 4.58 Å². The Hall–Kier alpha value is -1.01. The zero-order valence-corrected chi connectivity index (χ0v) is 15.2. The van der Waals surface area contributed by atoms with E-state index in [1.54, 1.807) is 7.11 Å². The first-order valence-corrected chi connectivity index (χ1v) is 8.26. The number of nitrogens with zero attached hydrogens (tertiary/aromatic N) is 1. The van der Waals surface area contributed by atoms with Crippen molar-refractivity contribution in [2.75, 3.05) is 26.0 Å². The van der Waals surface area contributed by atoms with Gasteiger partial charge < -0.3 is 26.8 Å². The van der Waals surface area contributed by atoms with Crippen LogP contribution in [0.3, 0.4) is 0 Å². The molecular formula is C16H22BrNO3S. The number of rotatable bonds is 5. The summed E-state index contributed by atoms with van der Waals surface area (Å²) in [4.78, 5) is 10.9. The lowest BCUT2D eigenvalue weighted by Gasteiger charge is -2.14. The molecule has 0 aliphatic carbocycles. The molecule has 1 heterocycles. The van der Waals surface area contributed by atoms with Crippen molar-refractivity contribution >= 4 is 22.8 Å². The highest BCUT2D eigenvalue weighted by Gasteiger charge is 2.20. The first-order valence-electron chi connectivity index (χ1n) is 7.27. The number of methoxy groups -OCH3 is 1. The highest BCUT2D eigenvalue weighted by atomic mass is 79.9. The minimum atomic E-state index is -0.764. The van der Waals surface area contributed by atoms with E-state index < -0.39 is 5.97 Å². The second-order valence-corrected chi connectivity index (χ2v) is 6.20. The number of hydrogen-bond donors (Lipinski definition) is 1. The molecule has 4 nitrogen and oxygen atoms in total. The summed E-state index contributed by atoms with van der Waals surface area (Å²) in [5, 5.41) is 10.1. The van der Waals surface area contributed by atoms with Crippen molar-refractivity contribution in [3.8, 4) is 5.75 Å². The summed E-state index contributed by atoms with van der Waals surface area (Å²) in [5.74, 6) is 0.199. The molecule has 1 aliphatic heterocycles. The fourth-order valence-electron chi connectivity index (χ4n) is 2.50. The van der Waals surface area contributed by atoms with Gasteiger partial charge in [0.15, 0.2) is 0 Å². The molecule has 122 valence electrons. The molecule has 0 amide bonds. The lowest BCUT2D eigenvalue weighted by atomic mass is 10.1. The van der Waals surface area contributed by atoms with Crippen molar-refractivity contribution in [2.24, 2.45) is 0 Å². The molecule has 0 aromatic heterocycles. The second kappa shape index (κ2) is 9.90. The Morgan fingerprint density at radius 2 is 2.05 bits per heavy atom. The van der Waals surface area contributed by atoms with Crippen molar-refractivity contribution in [2.45, 2.75) is 25.7 Å². The van der Waals surface area contributed by atoms with Crippen LogP contribution in [0.5, 0.6) is 5.75 Å². The van der Waals surface area contributed by atoms with Crippen LogP contribution in [0.2, 0.25) is 0 Å². The Morgan fingerprint density at radius 3 is 2.68 bits per heavy atom. The van der Waals surface area contributed by atoms with Gasteiger partial charge in [-0.05, 0) is 24.1 Å². The van der Waals surface area contributed by atoms with Gasteiger partial charge in [0.2, 0.25) is 5.04 Å². The molecule has 1 N–H and O–H groups in total. The van der Waals surface area contributed by atoms with E-state index in [0.29, 0.717) is 0 Å². The molecule has 2 rings (SSSR count). The zero-order chi connectivity index (χ0) is 15.1. The normalized spacial score (nSPS) is 14.1. The minimum absolute atomic E-state index is 0. The molecule has 0 saturated carbocycles. The summed E-state index contributed by atoms with van der Waals surface area (Å²) in [6.07, 6.45) is 4.42. The van der Waals surface area contributed by atoms with Crippen LogP contribution in [0.1, 0.15) is 24.8 Å². The predicted octanol–water partition coefficient (Wildman–Crippen LogP) is -0.346. The first kappa shape index (κ1) is 19.0. The van der Waals surface area contributed by atoms with Crippen molar-refractivity contribution in [1.29, 1.82) is 0 Å². The standard InChI is InChI=1S/C16H21NO3S.BrH/c1-20-14-7-5-6-13(10-14)11-15(21-12-16(18)19)17-8-3-2-4-9-17;/h5-7,10H,2-4,8-9,11-12H2,1H3;1H. The molecule has 1 saturated heterocycles. The molecule has 0 unspecified atom stereocenters. The number of aliphatic carboxylic acids is 1. The van der Waals surface area contributed by atoms with Crippen molar-refractivity contribution in [3.05, 3.63) is 29.8 Å². The number of carbonyl (C=O) groups is 1. The smallest absolute Gasteiger partial charge is 0.314 e. The Bertz CT molecular complexity index is 526. The van der Waals surface area contributed by atoms with E-state index in [0.717, 1.165) is 35.9 Å². The summed E-state index contributed by atoms with van der Waals surface area (Å²) >= 11 is 1.45. The average Bonchev–Trinajstić information content (AvgIpc) is 2.52. The van der Waals surface area contributed by atoms with E-state index in [2.05, 4.69) is 10.6 Å². The maximum Gasteiger partial charge on any atom is 0.314 e. The highest BCUT2D eigenvalue weighted by molar-refractivity contribution is 8.14. The number of thioether (sulfide) groups is 1. The van der Waals surface area contributed by atoms with E-state index in [1.807, 2.05) is 18.2 Å². The van der Waals surface area contributed by atoms with Crippen molar-refractivity contribution in [1.82, 2.24) is 0 Å². The largest absolute Gasteiger partial charge is 1.00 e. The Labute approximate surface area is 146 Å². The summed E-state index contributed by atoms with van der Waals surface area (Å²) < 4.78 is 7.60. The Balaban J connectivity index is 0.00000242. The van der Waals surface area contributed by atoms with Crippen LogP contribution >= 0.6 is 11.8 Å². The van der Waals surface area contributed by atoms with E-state index in [-0.39, 0.29) is 22.7 Å². The average molecular weight is 388 g/mol. The van der Waals surface area contributed by atoms with Crippen molar-refractivity contribution < 1.29 is 36.2 Å². The number of ether oxygens (including phenoxy) is 1. The van der Waals surface area contributed by atoms with Crippen LogP contribution in [-0.4, -0.2) is 46.6 Å². The zero-order valence-electron chi connectivity index (χ0n) is 12.8. The predicted molar refractivity (Wildman–Crippen MR) is 85.6 cm³/mol. The molecule has 1 aliphatic rings. The van der Waals surface area contributed by atoms with Crippen LogP contribution in [0.4, 0.5) is 0 Å². The SMILES string of the molecule is COc1cccc(CC(SCC(=O)O)=[N+]2CCCCC2)c1.[Br-]. The van der Waals surface area contributed by atoms with Crippen LogP contribution in [0.15, 0.2) is 24.3 Å². The number of carboxylic acids is 1. The van der Waals surface area contributed by atoms with Crippen LogP contribution in [0.25, 0.3) is 0 Å². The minimum Gasteiger partial charge on any atom is -1.00 e. The van der Waals surface area contributed by atoms with E-state index in [9.17, 15) is 4.79 Å². The fourth-order valence-corrected chi connectivity index (χ4v) is 3.42. The van der Waals surface area contributed by atoms with Crippen LogP contribution in [0, 0.1) is 0 Å². The molecule has 1 fully saturated rings. The molecule has 22 heavy (non-hydrogen) atoms. The number of halogens is 1. The van der Waals surface area contributed by atoms with Gasteiger partial charge in [0.1, 0.15) is 24.6 Å². The third-order valence-corrected chi connectivity index (χ3v) is 4.69. The van der Waals surface area contributed by atoms with E-state index in [1.165, 1.54) is 31.0 Å². The fraction of sp³-hybridized carbons (Fsp3) is 0.500. The van der Waals surface area contributed by atoms with Gasteiger partial charge in [-0.3, -0.25) is 4.79 Å². The van der Waals surface area contributed by atoms with E-state index in [4.69, 9.17) is 9.84 Å². The molecule has 0 bridgehead atoms. The maximum atomic E-state index is 10.9. The monoisotopic (exact) mass is 387 g/mol. The Kier molecular flexibility index (Phi) is 8.56. The van der Waals surface area contributed by atoms with Gasteiger partial charge in [0.05, 0.1) is 13.5 Å². The lowest BCUT2D eigenvalue weighted by Crippen LogP contribution is -3.00. The molecule has 1 aromatic rings. The summed E-state index contributed by atoms with van der Waals surface area (Å²) in [5.41, 5.74) is 1.16. The molecule has 0 radical (unpaired) electrons. The first-order chi connectivity index (χ1) is 10.2. The topological polar surface area (TPSA) is 49.5 Å². The summed E-state index contributed by atoms with van der Waals surface area (Å²) in [7, 11) is 1.66. The highest BCUT2D eigenvalue weighted by Crippen LogP contribution is 2.18. The summed E-state index contributed by atoms with van der Waals surface area (Å²) in [6, 6.07) is 7.98. The Morgan fingerprint density at radius 1 is 1.32 bits per heavy atom. The van der Waals surface area contributed by atoms with Gasteiger partial charge in [-0.15, -0.1) is 0 Å². The van der Waals surface area contributed by atoms with Gasteiger partial charge in [-0.1, -0.05) is 23.9 Å². The number of benzene rings is 1. The lowest BCUT2D eigenvalue weighted by molar-refractivity contribution is -0.535. The van der Waals surface area contributed by atoms with E-state index >= 15 is 0 Å². The number of hydrogen-bond acceptors (Lipinski definition) is 3. The van der Waals surface area contributed by atoms with Gasteiger partial charge >= 0.3 is 5.97 Å². The third-order valence-electron chi connectivity index (χ3n) is 3.56. The van der Waals surface area contributed by atoms with Gasteiger partial charge in [-0.2, -0.15) is 0 Å². The maximum absolute atomic E-state index is 10.9. The molecule has 0 atom stereocenters. The third kappa shape index (κ3) is 6.01. The molecule has 1 aromatic carbocycles. The quantitative estimate of drug-likeness (QED) is 0.554. The van der Waals surface area contributed by atoms with Crippen molar-refractivity contribution in [3.63, 3.8) is 0 Å². The van der Waals surface area contributed by atoms with Gasteiger partial charge in [0, 0.05) is 12.8 Å². The number of piperidine rings is 1. The molecule has 0 spiro atoms. The molecule has 6 heteroatoms. The molecular weight excluding hydrogens is 366 g/mol. The van der Waals surface area contributed by atoms with Crippen LogP contribution < -0.4 is 21.7 Å². The summed E-state index contributed by atoms with van der Waals surface area (Å²) in [6.45, 7) is 2.07. The van der Waals surface area contributed by atoms with Crippen LogP contribution in [-0.2, 0) is 11.2 Å². The number of carboxylic acid groups (broad SMARTS) is 1. The second-order valence-electron chi connectivity index (χ2n) is 5.15. The van der Waals surface area contributed by atoms with Gasteiger partial charge in [0.25, 0.3) is 0 Å².